The van der Waals surface area contributed by atoms with Crippen LogP contribution in [0.5, 0.6) is 0 Å². The van der Waals surface area contributed by atoms with Crippen LogP contribution in [0.25, 0.3) is 0 Å². The summed E-state index contributed by atoms with van der Waals surface area (Å²) in [4.78, 5) is 12.5. The molecule has 0 radical (unpaired) electrons. The largest absolute Gasteiger partial charge is 0.459 e. The number of carbonyl (C=O) groups excluding carboxylic acids is 1. The quantitative estimate of drug-likeness (QED) is 0.216. The van der Waals surface area contributed by atoms with Crippen molar-refractivity contribution in [3.63, 3.8) is 0 Å². The second kappa shape index (κ2) is 14.3. The monoisotopic (exact) mass is 448 g/mol. The summed E-state index contributed by atoms with van der Waals surface area (Å²) in [6.45, 7) is 4.52. The zero-order valence-electron chi connectivity index (χ0n) is 21.0. The number of allylic oxidation sites excluding steroid dienone is 2. The van der Waals surface area contributed by atoms with E-state index in [0.29, 0.717) is 11.5 Å². The molecule has 0 spiro atoms. The van der Waals surface area contributed by atoms with Crippen LogP contribution in [0, 0.1) is 29.6 Å². The molecule has 2 fully saturated rings. The summed E-state index contributed by atoms with van der Waals surface area (Å²) >= 11 is 0. The van der Waals surface area contributed by atoms with Crippen molar-refractivity contribution in [3.05, 3.63) is 47.5 Å². The smallest absolute Gasteiger partial charge is 0.338 e. The van der Waals surface area contributed by atoms with Crippen LogP contribution in [0.1, 0.15) is 113 Å². The highest BCUT2D eigenvalue weighted by molar-refractivity contribution is 5.89. The number of carbonyl (C=O) groups is 1. The Kier molecular flexibility index (Phi) is 11.1. The highest BCUT2D eigenvalue weighted by Gasteiger charge is 2.23. The highest BCUT2D eigenvalue weighted by Crippen LogP contribution is 2.32. The molecule has 180 valence electrons. The van der Waals surface area contributed by atoms with E-state index in [1.165, 1.54) is 63.4 Å². The van der Waals surface area contributed by atoms with E-state index in [1.807, 2.05) is 12.1 Å². The van der Waals surface area contributed by atoms with Crippen molar-refractivity contribution < 1.29 is 9.53 Å². The lowest BCUT2D eigenvalue weighted by atomic mass is 9.80. The van der Waals surface area contributed by atoms with Gasteiger partial charge in [-0.15, -0.1) is 0 Å². The maximum absolute atomic E-state index is 12.5. The normalized spacial score (nSPS) is 25.4. The first kappa shape index (κ1) is 25.6. The average Bonchev–Trinajstić information content (AvgIpc) is 2.84. The van der Waals surface area contributed by atoms with Gasteiger partial charge in [-0.25, -0.2) is 4.79 Å². The van der Waals surface area contributed by atoms with Crippen LogP contribution in [-0.4, -0.2) is 12.1 Å². The Balaban J connectivity index is 1.34. The molecular weight excluding hydrogens is 404 g/mol. The van der Waals surface area contributed by atoms with Gasteiger partial charge in [-0.05, 0) is 99.8 Å². The molecule has 2 heteroatoms. The maximum Gasteiger partial charge on any atom is 0.338 e. The summed E-state index contributed by atoms with van der Waals surface area (Å²) in [5.41, 5.74) is 1.97. The van der Waals surface area contributed by atoms with E-state index < -0.39 is 0 Å². The van der Waals surface area contributed by atoms with Crippen LogP contribution in [0.15, 0.2) is 36.4 Å². The summed E-state index contributed by atoms with van der Waals surface area (Å²) in [5, 5.41) is 0. The molecule has 0 bridgehead atoms. The second-order valence-electron chi connectivity index (χ2n) is 10.3. The van der Waals surface area contributed by atoms with E-state index in [9.17, 15) is 4.79 Å². The van der Waals surface area contributed by atoms with Crippen LogP contribution in [0.4, 0.5) is 0 Å². The maximum atomic E-state index is 12.5. The number of hydrogen-bond acceptors (Lipinski definition) is 2. The lowest BCUT2D eigenvalue weighted by Gasteiger charge is -2.26. The van der Waals surface area contributed by atoms with Gasteiger partial charge in [-0.1, -0.05) is 69.6 Å². The molecule has 3 rings (SSSR count). The summed E-state index contributed by atoms with van der Waals surface area (Å²) in [7, 11) is 0. The lowest BCUT2D eigenvalue weighted by molar-refractivity contribution is 0.0188. The van der Waals surface area contributed by atoms with Gasteiger partial charge in [0.1, 0.15) is 6.10 Å². The molecule has 2 aliphatic rings. The number of aryl methyl sites for hydroxylation is 1. The first-order chi connectivity index (χ1) is 16.2. The van der Waals surface area contributed by atoms with Crippen molar-refractivity contribution in [2.75, 3.05) is 0 Å². The van der Waals surface area contributed by atoms with Gasteiger partial charge in [0.25, 0.3) is 0 Å². The Bertz CT molecular complexity index is 778. The molecule has 33 heavy (non-hydrogen) atoms. The van der Waals surface area contributed by atoms with Crippen molar-refractivity contribution in [3.8, 4) is 11.8 Å². The second-order valence-corrected chi connectivity index (χ2v) is 10.3. The molecule has 0 aliphatic heterocycles. The van der Waals surface area contributed by atoms with Gasteiger partial charge in [-0.2, -0.15) is 0 Å². The number of ether oxygens (including phenoxy) is 1. The van der Waals surface area contributed by atoms with Crippen LogP contribution in [0.2, 0.25) is 0 Å². The first-order valence-electron chi connectivity index (χ1n) is 13.7. The third kappa shape index (κ3) is 9.04. The standard InChI is InChI=1S/C31H44O2/c1-3-5-6-10-27-17-21-29(22-18-27)31(32)33-30-23-19-28(20-24-30)12-8-7-11-26-15-13-25(9-4-2)14-16-26/h7,11,17-18,21-22,25-26,28,30H,3-6,9-10,13-16,19-20,23-24H2,1-2H3/b11-7+. The van der Waals surface area contributed by atoms with Crippen molar-refractivity contribution in [1.29, 1.82) is 0 Å². The lowest BCUT2D eigenvalue weighted by Crippen LogP contribution is -2.24. The van der Waals surface area contributed by atoms with E-state index in [4.69, 9.17) is 4.74 Å². The predicted molar refractivity (Wildman–Crippen MR) is 138 cm³/mol. The van der Waals surface area contributed by atoms with E-state index in [2.05, 4.69) is 50.0 Å². The van der Waals surface area contributed by atoms with Gasteiger partial charge in [0.2, 0.25) is 0 Å². The van der Waals surface area contributed by atoms with Crippen LogP contribution < -0.4 is 0 Å². The topological polar surface area (TPSA) is 26.3 Å². The zero-order chi connectivity index (χ0) is 23.3. The Labute approximate surface area is 202 Å². The predicted octanol–water partition coefficient (Wildman–Crippen LogP) is 8.30. The minimum absolute atomic E-state index is 0.0358. The van der Waals surface area contributed by atoms with Crippen molar-refractivity contribution in [2.24, 2.45) is 17.8 Å². The van der Waals surface area contributed by atoms with Gasteiger partial charge in [0, 0.05) is 5.92 Å². The van der Waals surface area contributed by atoms with Gasteiger partial charge in [0.15, 0.2) is 0 Å². The minimum Gasteiger partial charge on any atom is -0.459 e. The van der Waals surface area contributed by atoms with Crippen LogP contribution >= 0.6 is 0 Å². The fourth-order valence-electron chi connectivity index (χ4n) is 5.36. The van der Waals surface area contributed by atoms with E-state index in [-0.39, 0.29) is 12.1 Å². The van der Waals surface area contributed by atoms with Crippen molar-refractivity contribution >= 4 is 5.97 Å². The molecule has 0 heterocycles. The fourth-order valence-corrected chi connectivity index (χ4v) is 5.36. The number of benzene rings is 1. The highest BCUT2D eigenvalue weighted by atomic mass is 16.5. The molecule has 2 saturated carbocycles. The fraction of sp³-hybridized carbons (Fsp3) is 0.645. The molecule has 0 atom stereocenters. The molecule has 0 unspecified atom stereocenters. The average molecular weight is 449 g/mol. The molecule has 0 amide bonds. The molecule has 2 nitrogen and oxygen atoms in total. The third-order valence-electron chi connectivity index (χ3n) is 7.53. The molecular formula is C31H44O2. The van der Waals surface area contributed by atoms with Gasteiger partial charge in [0.05, 0.1) is 5.56 Å². The Morgan fingerprint density at radius 3 is 2.33 bits per heavy atom. The van der Waals surface area contributed by atoms with Crippen molar-refractivity contribution in [2.45, 2.75) is 110 Å². The number of esters is 1. The minimum atomic E-state index is -0.179. The summed E-state index contributed by atoms with van der Waals surface area (Å²) in [6.07, 6.45) is 21.3. The van der Waals surface area contributed by atoms with E-state index in [1.54, 1.807) is 0 Å². The van der Waals surface area contributed by atoms with Gasteiger partial charge >= 0.3 is 5.97 Å². The Morgan fingerprint density at radius 1 is 0.939 bits per heavy atom. The Hall–Kier alpha value is -2.01. The molecule has 0 saturated heterocycles. The number of unbranched alkanes of at least 4 members (excludes halogenated alkanes) is 2. The third-order valence-corrected chi connectivity index (χ3v) is 7.53. The first-order valence-corrected chi connectivity index (χ1v) is 13.7. The Morgan fingerprint density at radius 2 is 1.67 bits per heavy atom. The van der Waals surface area contributed by atoms with Crippen LogP contribution in [0.3, 0.4) is 0 Å². The SMILES string of the molecule is CCCCCc1ccc(C(=O)OC2CCC(C#C/C=C/C3CCC(CCC)CC3)CC2)cc1. The molecule has 1 aromatic rings. The van der Waals surface area contributed by atoms with E-state index >= 15 is 0 Å². The molecule has 1 aromatic carbocycles. The number of hydrogen-bond donors (Lipinski definition) is 0. The summed E-state index contributed by atoms with van der Waals surface area (Å²) in [5.74, 6) is 8.70. The molecule has 0 aromatic heterocycles. The summed E-state index contributed by atoms with van der Waals surface area (Å²) < 4.78 is 5.79. The van der Waals surface area contributed by atoms with E-state index in [0.717, 1.165) is 43.9 Å². The molecule has 2 aliphatic carbocycles. The van der Waals surface area contributed by atoms with Crippen molar-refractivity contribution in [1.82, 2.24) is 0 Å². The number of rotatable bonds is 9. The van der Waals surface area contributed by atoms with Gasteiger partial charge < -0.3 is 4.74 Å². The zero-order valence-corrected chi connectivity index (χ0v) is 21.0. The summed E-state index contributed by atoms with van der Waals surface area (Å²) in [6, 6.07) is 7.99. The van der Waals surface area contributed by atoms with Gasteiger partial charge in [-0.3, -0.25) is 0 Å². The molecule has 0 N–H and O–H groups in total. The van der Waals surface area contributed by atoms with Crippen LogP contribution in [-0.2, 0) is 11.2 Å².